The molecule has 0 fully saturated rings. The van der Waals surface area contributed by atoms with Crippen LogP contribution >= 0.6 is 27.5 Å². The molecule has 3 rings (SSSR count). The summed E-state index contributed by atoms with van der Waals surface area (Å²) in [6.45, 7) is 0. The minimum atomic E-state index is -0.163. The van der Waals surface area contributed by atoms with Gasteiger partial charge in [-0.1, -0.05) is 46.3 Å². The first-order chi connectivity index (χ1) is 10.2. The van der Waals surface area contributed by atoms with Gasteiger partial charge in [-0.3, -0.25) is 0 Å². The molecule has 0 heterocycles. The first kappa shape index (κ1) is 14.4. The van der Waals surface area contributed by atoms with E-state index in [1.54, 1.807) is 7.11 Å². The zero-order valence-electron chi connectivity index (χ0n) is 11.5. The number of hydrogen-bond donors (Lipinski definition) is 0. The van der Waals surface area contributed by atoms with Crippen molar-refractivity contribution in [1.82, 2.24) is 0 Å². The summed E-state index contributed by atoms with van der Waals surface area (Å²) in [6, 6.07) is 20.4. The molecule has 0 aliphatic heterocycles. The highest BCUT2D eigenvalue weighted by Gasteiger charge is 2.11. The zero-order chi connectivity index (χ0) is 14.8. The molecule has 0 saturated heterocycles. The fourth-order valence-electron chi connectivity index (χ4n) is 2.36. The lowest BCUT2D eigenvalue weighted by atomic mass is 10.0. The van der Waals surface area contributed by atoms with Gasteiger partial charge in [-0.15, -0.1) is 11.6 Å². The molecule has 1 unspecified atom stereocenters. The van der Waals surface area contributed by atoms with Crippen LogP contribution in [-0.4, -0.2) is 7.11 Å². The molecule has 1 atom stereocenters. The highest BCUT2D eigenvalue weighted by Crippen LogP contribution is 2.32. The monoisotopic (exact) mass is 360 g/mol. The second-order valence-corrected chi connectivity index (χ2v) is 6.24. The molecule has 1 nitrogen and oxygen atoms in total. The molecule has 0 aromatic heterocycles. The van der Waals surface area contributed by atoms with Crippen molar-refractivity contribution in [3.63, 3.8) is 0 Å². The summed E-state index contributed by atoms with van der Waals surface area (Å²) in [5.41, 5.74) is 2.16. The van der Waals surface area contributed by atoms with Gasteiger partial charge in [-0.2, -0.15) is 0 Å². The normalized spacial score (nSPS) is 12.3. The van der Waals surface area contributed by atoms with Crippen molar-refractivity contribution in [1.29, 1.82) is 0 Å². The van der Waals surface area contributed by atoms with Crippen molar-refractivity contribution >= 4 is 38.3 Å². The number of ether oxygens (including phenoxy) is 1. The van der Waals surface area contributed by atoms with Gasteiger partial charge in [0.05, 0.1) is 12.5 Å². The molecule has 0 saturated carbocycles. The van der Waals surface area contributed by atoms with Crippen LogP contribution in [-0.2, 0) is 0 Å². The van der Waals surface area contributed by atoms with Gasteiger partial charge in [0.2, 0.25) is 0 Å². The van der Waals surface area contributed by atoms with Crippen molar-refractivity contribution in [3.05, 3.63) is 76.3 Å². The number of fused-ring (bicyclic) bond motifs is 1. The second-order valence-electron chi connectivity index (χ2n) is 4.89. The molecule has 3 heteroatoms. The van der Waals surface area contributed by atoms with Crippen LogP contribution in [0.3, 0.4) is 0 Å². The molecular weight excluding hydrogens is 348 g/mol. The number of hydrogen-bond acceptors (Lipinski definition) is 1. The Hall–Kier alpha value is -1.51. The van der Waals surface area contributed by atoms with Crippen molar-refractivity contribution in [2.45, 2.75) is 5.38 Å². The van der Waals surface area contributed by atoms with E-state index in [9.17, 15) is 0 Å². The van der Waals surface area contributed by atoms with Gasteiger partial charge < -0.3 is 4.74 Å². The number of halogens is 2. The Morgan fingerprint density at radius 3 is 2.19 bits per heavy atom. The highest BCUT2D eigenvalue weighted by atomic mass is 79.9. The van der Waals surface area contributed by atoms with Crippen LogP contribution < -0.4 is 4.74 Å². The van der Waals surface area contributed by atoms with Crippen LogP contribution in [0.4, 0.5) is 0 Å². The van der Waals surface area contributed by atoms with Crippen molar-refractivity contribution < 1.29 is 4.74 Å². The maximum absolute atomic E-state index is 6.61. The van der Waals surface area contributed by atoms with Gasteiger partial charge >= 0.3 is 0 Å². The third-order valence-corrected chi connectivity index (χ3v) is 4.52. The van der Waals surface area contributed by atoms with Crippen LogP contribution in [0.1, 0.15) is 16.5 Å². The van der Waals surface area contributed by atoms with E-state index in [1.165, 1.54) is 10.8 Å². The maximum atomic E-state index is 6.61. The minimum absolute atomic E-state index is 0.163. The molecule has 0 radical (unpaired) electrons. The first-order valence-electron chi connectivity index (χ1n) is 6.64. The number of benzene rings is 3. The zero-order valence-corrected chi connectivity index (χ0v) is 13.9. The summed E-state index contributed by atoms with van der Waals surface area (Å²) in [5, 5.41) is 2.23. The highest BCUT2D eigenvalue weighted by molar-refractivity contribution is 9.10. The Morgan fingerprint density at radius 1 is 0.857 bits per heavy atom. The van der Waals surface area contributed by atoms with Crippen molar-refractivity contribution in [2.24, 2.45) is 0 Å². The van der Waals surface area contributed by atoms with Gasteiger partial charge in [0.1, 0.15) is 5.75 Å². The van der Waals surface area contributed by atoms with Crippen LogP contribution in [0, 0.1) is 0 Å². The Kier molecular flexibility index (Phi) is 4.18. The Bertz CT molecular complexity index is 768. The summed E-state index contributed by atoms with van der Waals surface area (Å²) < 4.78 is 6.26. The average Bonchev–Trinajstić information content (AvgIpc) is 2.53. The van der Waals surface area contributed by atoms with Crippen LogP contribution in [0.25, 0.3) is 10.8 Å². The topological polar surface area (TPSA) is 9.23 Å². The quantitative estimate of drug-likeness (QED) is 0.525. The van der Waals surface area contributed by atoms with Crippen LogP contribution in [0.2, 0.25) is 0 Å². The van der Waals surface area contributed by atoms with E-state index in [0.29, 0.717) is 0 Å². The number of methoxy groups -OCH3 is 1. The average molecular weight is 362 g/mol. The van der Waals surface area contributed by atoms with Crippen molar-refractivity contribution in [2.75, 3.05) is 7.11 Å². The van der Waals surface area contributed by atoms with E-state index < -0.39 is 0 Å². The lowest BCUT2D eigenvalue weighted by Crippen LogP contribution is -1.93. The van der Waals surface area contributed by atoms with Gasteiger partial charge in [0, 0.05) is 4.47 Å². The number of rotatable bonds is 3. The van der Waals surface area contributed by atoms with E-state index in [4.69, 9.17) is 16.3 Å². The molecule has 0 aliphatic rings. The third-order valence-electron chi connectivity index (χ3n) is 3.53. The number of alkyl halides is 1. The maximum Gasteiger partial charge on any atom is 0.118 e. The Morgan fingerprint density at radius 2 is 1.48 bits per heavy atom. The minimum Gasteiger partial charge on any atom is -0.497 e. The molecule has 3 aromatic rings. The molecule has 0 bridgehead atoms. The molecule has 0 amide bonds. The lowest BCUT2D eigenvalue weighted by molar-refractivity contribution is 0.414. The second kappa shape index (κ2) is 6.08. The SMILES string of the molecule is COc1ccc(C(Cl)c2ccc3cc(Br)ccc3c2)cc1. The Labute approximate surface area is 137 Å². The predicted molar refractivity (Wildman–Crippen MR) is 92.3 cm³/mol. The van der Waals surface area contributed by atoms with E-state index in [1.807, 2.05) is 30.3 Å². The van der Waals surface area contributed by atoms with Crippen LogP contribution in [0.5, 0.6) is 5.75 Å². The fraction of sp³-hybridized carbons (Fsp3) is 0.111. The molecule has 106 valence electrons. The first-order valence-corrected chi connectivity index (χ1v) is 7.87. The van der Waals surface area contributed by atoms with Gasteiger partial charge in [0.15, 0.2) is 0 Å². The standard InChI is InChI=1S/C18H14BrClO/c1-21-17-8-5-12(6-9-17)18(20)15-3-2-14-11-16(19)7-4-13(14)10-15/h2-11,18H,1H3. The van der Waals surface area contributed by atoms with Gasteiger partial charge in [-0.05, 0) is 52.2 Å². The predicted octanol–water partition coefficient (Wildman–Crippen LogP) is 5.94. The largest absolute Gasteiger partial charge is 0.497 e. The van der Waals surface area contributed by atoms with Crippen molar-refractivity contribution in [3.8, 4) is 5.75 Å². The molecule has 21 heavy (non-hydrogen) atoms. The lowest BCUT2D eigenvalue weighted by Gasteiger charge is -2.12. The fourth-order valence-corrected chi connectivity index (χ4v) is 3.02. The van der Waals surface area contributed by atoms with Gasteiger partial charge in [-0.25, -0.2) is 0 Å². The van der Waals surface area contributed by atoms with Gasteiger partial charge in [0.25, 0.3) is 0 Å². The molecule has 3 aromatic carbocycles. The third kappa shape index (κ3) is 3.07. The van der Waals surface area contributed by atoms with E-state index in [0.717, 1.165) is 21.3 Å². The summed E-state index contributed by atoms with van der Waals surface area (Å²) in [5.74, 6) is 0.839. The summed E-state index contributed by atoms with van der Waals surface area (Å²) in [4.78, 5) is 0. The smallest absolute Gasteiger partial charge is 0.118 e. The van der Waals surface area contributed by atoms with E-state index in [2.05, 4.69) is 46.3 Å². The summed E-state index contributed by atoms with van der Waals surface area (Å²) in [7, 11) is 1.66. The molecular formula is C18H14BrClO. The Balaban J connectivity index is 1.96. The van der Waals surface area contributed by atoms with E-state index in [-0.39, 0.29) is 5.38 Å². The molecule has 0 N–H and O–H groups in total. The van der Waals surface area contributed by atoms with E-state index >= 15 is 0 Å². The molecule has 0 spiro atoms. The summed E-state index contributed by atoms with van der Waals surface area (Å²) in [6.07, 6.45) is 0. The molecule has 0 aliphatic carbocycles. The summed E-state index contributed by atoms with van der Waals surface area (Å²) >= 11 is 10.1. The van der Waals surface area contributed by atoms with Crippen LogP contribution in [0.15, 0.2) is 65.1 Å².